The van der Waals surface area contributed by atoms with E-state index in [4.69, 9.17) is 10.4 Å². The first kappa shape index (κ1) is 9.27. The highest BCUT2D eigenvalue weighted by Gasteiger charge is 2.08. The molecule has 3 nitrogen and oxygen atoms in total. The molecule has 3 heteroatoms. The van der Waals surface area contributed by atoms with Crippen LogP contribution in [0, 0.1) is 25.2 Å². The van der Waals surface area contributed by atoms with Gasteiger partial charge in [-0.05, 0) is 37.1 Å². The molecule has 0 fully saturated rings. The summed E-state index contributed by atoms with van der Waals surface area (Å²) in [7, 11) is 0. The Kier molecular flexibility index (Phi) is 2.34. The first-order valence-electron chi connectivity index (χ1n) is 3.81. The second-order valence-corrected chi connectivity index (χ2v) is 2.88. The number of hydrogen-bond donors (Lipinski definition) is 1. The number of benzene rings is 1. The molecule has 66 valence electrons. The highest BCUT2D eigenvalue weighted by Crippen LogP contribution is 2.15. The Labute approximate surface area is 76.2 Å². The summed E-state index contributed by atoms with van der Waals surface area (Å²) >= 11 is 0. The molecular formula is C10H9NO2. The summed E-state index contributed by atoms with van der Waals surface area (Å²) in [5.41, 5.74) is 2.26. The summed E-state index contributed by atoms with van der Waals surface area (Å²) in [6.45, 7) is 3.60. The topological polar surface area (TPSA) is 61.1 Å². The van der Waals surface area contributed by atoms with E-state index in [9.17, 15) is 4.79 Å². The minimum absolute atomic E-state index is 0.166. The lowest BCUT2D eigenvalue weighted by atomic mass is 10.0. The van der Waals surface area contributed by atoms with Crippen LogP contribution in [0.5, 0.6) is 0 Å². The van der Waals surface area contributed by atoms with Crippen molar-refractivity contribution >= 4 is 5.97 Å². The molecule has 0 saturated carbocycles. The van der Waals surface area contributed by atoms with E-state index in [1.54, 1.807) is 19.9 Å². The van der Waals surface area contributed by atoms with Gasteiger partial charge in [0.1, 0.15) is 0 Å². The van der Waals surface area contributed by atoms with Gasteiger partial charge in [0.2, 0.25) is 0 Å². The third-order valence-electron chi connectivity index (χ3n) is 2.03. The standard InChI is InChI=1S/C10H9NO2/c1-6-3-8(10(12)13)4-9(5-11)7(6)2/h3-4H,1-2H3,(H,12,13). The average Bonchev–Trinajstić information content (AvgIpc) is 2.09. The van der Waals surface area contributed by atoms with Gasteiger partial charge in [-0.25, -0.2) is 4.79 Å². The number of nitrogens with zero attached hydrogens (tertiary/aromatic N) is 1. The second kappa shape index (κ2) is 3.28. The normalized spacial score (nSPS) is 9.31. The molecule has 1 rings (SSSR count). The quantitative estimate of drug-likeness (QED) is 0.708. The molecule has 0 radical (unpaired) electrons. The van der Waals surface area contributed by atoms with Gasteiger partial charge in [-0.3, -0.25) is 0 Å². The highest BCUT2D eigenvalue weighted by molar-refractivity contribution is 5.88. The van der Waals surface area contributed by atoms with Crippen LogP contribution in [0.2, 0.25) is 0 Å². The zero-order valence-electron chi connectivity index (χ0n) is 7.46. The van der Waals surface area contributed by atoms with Crippen molar-refractivity contribution in [3.63, 3.8) is 0 Å². The number of nitriles is 1. The predicted octanol–water partition coefficient (Wildman–Crippen LogP) is 1.87. The van der Waals surface area contributed by atoms with Crippen molar-refractivity contribution in [3.8, 4) is 6.07 Å². The molecule has 1 aromatic rings. The molecule has 0 heterocycles. The summed E-state index contributed by atoms with van der Waals surface area (Å²) in [5, 5.41) is 17.4. The van der Waals surface area contributed by atoms with Gasteiger partial charge in [-0.1, -0.05) is 0 Å². The Morgan fingerprint density at radius 1 is 1.46 bits per heavy atom. The van der Waals surface area contributed by atoms with Crippen molar-refractivity contribution in [1.82, 2.24) is 0 Å². The lowest BCUT2D eigenvalue weighted by molar-refractivity contribution is 0.0696. The zero-order chi connectivity index (χ0) is 10.0. The van der Waals surface area contributed by atoms with Crippen LogP contribution in [-0.4, -0.2) is 11.1 Å². The fourth-order valence-corrected chi connectivity index (χ4v) is 1.10. The Morgan fingerprint density at radius 3 is 2.54 bits per heavy atom. The Balaban J connectivity index is 3.41. The molecule has 0 bridgehead atoms. The van der Waals surface area contributed by atoms with Gasteiger partial charge in [-0.2, -0.15) is 5.26 Å². The van der Waals surface area contributed by atoms with Crippen LogP contribution >= 0.6 is 0 Å². The van der Waals surface area contributed by atoms with Gasteiger partial charge >= 0.3 is 5.97 Å². The van der Waals surface area contributed by atoms with E-state index >= 15 is 0 Å². The van der Waals surface area contributed by atoms with E-state index in [0.717, 1.165) is 11.1 Å². The minimum Gasteiger partial charge on any atom is -0.478 e. The third-order valence-corrected chi connectivity index (χ3v) is 2.03. The van der Waals surface area contributed by atoms with E-state index < -0.39 is 5.97 Å². The van der Waals surface area contributed by atoms with Crippen LogP contribution in [0.15, 0.2) is 12.1 Å². The van der Waals surface area contributed by atoms with Gasteiger partial charge in [0.05, 0.1) is 17.2 Å². The van der Waals surface area contributed by atoms with Crippen molar-refractivity contribution in [2.24, 2.45) is 0 Å². The number of aryl methyl sites for hydroxylation is 1. The fourth-order valence-electron chi connectivity index (χ4n) is 1.10. The third kappa shape index (κ3) is 1.67. The molecule has 0 aromatic heterocycles. The Bertz CT molecular complexity index is 402. The number of hydrogen-bond acceptors (Lipinski definition) is 2. The van der Waals surface area contributed by atoms with Crippen LogP contribution in [0.25, 0.3) is 0 Å². The van der Waals surface area contributed by atoms with E-state index in [1.807, 2.05) is 6.07 Å². The first-order chi connectivity index (χ1) is 6.06. The van der Waals surface area contributed by atoms with Gasteiger partial charge in [0.25, 0.3) is 0 Å². The number of carboxylic acid groups (broad SMARTS) is 1. The van der Waals surface area contributed by atoms with Gasteiger partial charge < -0.3 is 5.11 Å². The summed E-state index contributed by atoms with van der Waals surface area (Å²) in [6.07, 6.45) is 0. The molecule has 0 saturated heterocycles. The maximum Gasteiger partial charge on any atom is 0.335 e. The first-order valence-corrected chi connectivity index (χ1v) is 3.81. The zero-order valence-corrected chi connectivity index (χ0v) is 7.46. The molecule has 0 spiro atoms. The molecule has 0 aliphatic carbocycles. The van der Waals surface area contributed by atoms with Crippen molar-refractivity contribution in [2.45, 2.75) is 13.8 Å². The van der Waals surface area contributed by atoms with Crippen LogP contribution in [0.4, 0.5) is 0 Å². The van der Waals surface area contributed by atoms with Crippen LogP contribution in [0.1, 0.15) is 27.0 Å². The SMILES string of the molecule is Cc1cc(C(=O)O)cc(C#N)c1C. The van der Waals surface area contributed by atoms with Crippen molar-refractivity contribution in [2.75, 3.05) is 0 Å². The predicted molar refractivity (Wildman–Crippen MR) is 47.6 cm³/mol. The maximum atomic E-state index is 10.6. The minimum atomic E-state index is -1.00. The van der Waals surface area contributed by atoms with Crippen LogP contribution in [0.3, 0.4) is 0 Å². The lowest BCUT2D eigenvalue weighted by Crippen LogP contribution is -1.99. The average molecular weight is 175 g/mol. The smallest absolute Gasteiger partial charge is 0.335 e. The fraction of sp³-hybridized carbons (Fsp3) is 0.200. The highest BCUT2D eigenvalue weighted by atomic mass is 16.4. The molecular weight excluding hydrogens is 166 g/mol. The summed E-state index contributed by atoms with van der Waals surface area (Å²) in [5.74, 6) is -1.00. The number of rotatable bonds is 1. The molecule has 0 atom stereocenters. The largest absolute Gasteiger partial charge is 0.478 e. The molecule has 13 heavy (non-hydrogen) atoms. The van der Waals surface area contributed by atoms with Crippen LogP contribution < -0.4 is 0 Å². The summed E-state index contributed by atoms with van der Waals surface area (Å²) < 4.78 is 0. The number of aromatic carboxylic acids is 1. The second-order valence-electron chi connectivity index (χ2n) is 2.88. The summed E-state index contributed by atoms with van der Waals surface area (Å²) in [6, 6.07) is 4.93. The van der Waals surface area contributed by atoms with E-state index in [0.29, 0.717) is 5.56 Å². The van der Waals surface area contributed by atoms with Crippen molar-refractivity contribution in [1.29, 1.82) is 5.26 Å². The van der Waals surface area contributed by atoms with Crippen molar-refractivity contribution in [3.05, 3.63) is 34.4 Å². The molecule has 0 aliphatic heterocycles. The molecule has 1 N–H and O–H groups in total. The van der Waals surface area contributed by atoms with Crippen LogP contribution in [-0.2, 0) is 0 Å². The Hall–Kier alpha value is -1.82. The van der Waals surface area contributed by atoms with Gasteiger partial charge in [-0.15, -0.1) is 0 Å². The van der Waals surface area contributed by atoms with Gasteiger partial charge in [0, 0.05) is 0 Å². The number of carboxylic acids is 1. The molecule has 0 unspecified atom stereocenters. The molecule has 0 amide bonds. The van der Waals surface area contributed by atoms with Gasteiger partial charge in [0.15, 0.2) is 0 Å². The maximum absolute atomic E-state index is 10.6. The van der Waals surface area contributed by atoms with E-state index in [2.05, 4.69) is 0 Å². The molecule has 0 aliphatic rings. The monoisotopic (exact) mass is 175 g/mol. The lowest BCUT2D eigenvalue weighted by Gasteiger charge is -2.03. The Morgan fingerprint density at radius 2 is 2.08 bits per heavy atom. The van der Waals surface area contributed by atoms with Crippen molar-refractivity contribution < 1.29 is 9.90 Å². The van der Waals surface area contributed by atoms with E-state index in [1.165, 1.54) is 6.07 Å². The number of carbonyl (C=O) groups is 1. The van der Waals surface area contributed by atoms with E-state index in [-0.39, 0.29) is 5.56 Å². The molecule has 1 aromatic carbocycles. The summed E-state index contributed by atoms with van der Waals surface area (Å²) in [4.78, 5) is 10.6.